The zero-order chi connectivity index (χ0) is 13.8. The summed E-state index contributed by atoms with van der Waals surface area (Å²) in [5.74, 6) is 0.612. The van der Waals surface area contributed by atoms with Crippen LogP contribution >= 0.6 is 11.8 Å². The van der Waals surface area contributed by atoms with E-state index in [2.05, 4.69) is 24.0 Å². The zero-order valence-corrected chi connectivity index (χ0v) is 11.6. The molecule has 4 nitrogen and oxygen atoms in total. The van der Waals surface area contributed by atoms with Crippen molar-refractivity contribution in [3.05, 3.63) is 29.8 Å². The van der Waals surface area contributed by atoms with E-state index in [9.17, 15) is 4.39 Å². The van der Waals surface area contributed by atoms with E-state index >= 15 is 0 Å². The number of rotatable bonds is 5. The molecule has 0 radical (unpaired) electrons. The minimum Gasteiger partial charge on any atom is -0.508 e. The molecule has 6 heteroatoms. The highest BCUT2D eigenvalue weighted by Gasteiger charge is 2.14. The number of phenols is 1. The monoisotopic (exact) mass is 282 g/mol. The molecule has 1 atom stereocenters. The summed E-state index contributed by atoms with van der Waals surface area (Å²) in [6, 6.07) is 3.83. The van der Waals surface area contributed by atoms with Crippen LogP contribution in [0.4, 0.5) is 4.39 Å². The Morgan fingerprint density at radius 2 is 2.26 bits per heavy atom. The summed E-state index contributed by atoms with van der Waals surface area (Å²) in [7, 11) is 0. The van der Waals surface area contributed by atoms with Crippen LogP contribution in [-0.2, 0) is 5.75 Å². The molecule has 0 aliphatic heterocycles. The summed E-state index contributed by atoms with van der Waals surface area (Å²) in [5.41, 5.74) is 0.199. The van der Waals surface area contributed by atoms with Crippen LogP contribution in [0, 0.1) is 5.82 Å². The Morgan fingerprint density at radius 1 is 1.47 bits per heavy atom. The predicted molar refractivity (Wildman–Crippen MR) is 72.4 cm³/mol. The van der Waals surface area contributed by atoms with E-state index < -0.39 is 5.82 Å². The van der Waals surface area contributed by atoms with Gasteiger partial charge in [0.05, 0.1) is 11.3 Å². The molecule has 102 valence electrons. The maximum Gasteiger partial charge on any atom is 0.260 e. The van der Waals surface area contributed by atoms with Crippen LogP contribution < -0.4 is 0 Å². The highest BCUT2D eigenvalue weighted by Crippen LogP contribution is 2.25. The highest BCUT2D eigenvalue weighted by atomic mass is 32.2. The molecular formula is C13H15FN2O2S. The standard InChI is InChI=1S/C13H15FN2O2S/c1-3-8(2)19-7-12-15-13(18-16-12)10-5-4-9(17)6-11(10)14/h4-6,8,17H,3,7H2,1-2H3. The Bertz CT molecular complexity index is 559. The first kappa shape index (κ1) is 13.9. The third-order valence-corrected chi connectivity index (χ3v) is 4.05. The van der Waals surface area contributed by atoms with Crippen molar-refractivity contribution in [1.29, 1.82) is 0 Å². The Balaban J connectivity index is 2.12. The van der Waals surface area contributed by atoms with Crippen molar-refractivity contribution in [2.45, 2.75) is 31.3 Å². The Kier molecular flexibility index (Phi) is 4.42. The third-order valence-electron chi connectivity index (χ3n) is 2.72. The number of hydrogen-bond acceptors (Lipinski definition) is 5. The van der Waals surface area contributed by atoms with Crippen molar-refractivity contribution >= 4 is 11.8 Å². The van der Waals surface area contributed by atoms with E-state index in [1.165, 1.54) is 12.1 Å². The van der Waals surface area contributed by atoms with Crippen LogP contribution in [0.15, 0.2) is 22.7 Å². The van der Waals surface area contributed by atoms with Gasteiger partial charge >= 0.3 is 0 Å². The molecule has 0 aliphatic carbocycles. The van der Waals surface area contributed by atoms with E-state index in [1.807, 2.05) is 0 Å². The quantitative estimate of drug-likeness (QED) is 0.907. The van der Waals surface area contributed by atoms with Crippen LogP contribution in [0.5, 0.6) is 5.75 Å². The van der Waals surface area contributed by atoms with Crippen molar-refractivity contribution < 1.29 is 14.0 Å². The third kappa shape index (κ3) is 3.47. The molecule has 1 aromatic carbocycles. The first-order valence-corrected chi connectivity index (χ1v) is 7.08. The predicted octanol–water partition coefficient (Wildman–Crippen LogP) is 3.61. The van der Waals surface area contributed by atoms with Crippen LogP contribution in [0.2, 0.25) is 0 Å². The summed E-state index contributed by atoms with van der Waals surface area (Å²) in [6.07, 6.45) is 1.07. The van der Waals surface area contributed by atoms with Crippen LogP contribution in [-0.4, -0.2) is 20.5 Å². The fourth-order valence-corrected chi connectivity index (χ4v) is 2.22. The van der Waals surface area contributed by atoms with Crippen molar-refractivity contribution in [3.8, 4) is 17.2 Å². The van der Waals surface area contributed by atoms with Gasteiger partial charge in [-0.15, -0.1) is 0 Å². The number of thioether (sulfide) groups is 1. The molecule has 0 aliphatic rings. The minimum absolute atomic E-state index is 0.131. The molecule has 0 fully saturated rings. The molecule has 1 N–H and O–H groups in total. The summed E-state index contributed by atoms with van der Waals surface area (Å²) < 4.78 is 18.7. The smallest absolute Gasteiger partial charge is 0.260 e. The number of nitrogens with zero attached hydrogens (tertiary/aromatic N) is 2. The number of hydrogen-bond donors (Lipinski definition) is 1. The van der Waals surface area contributed by atoms with Gasteiger partial charge < -0.3 is 9.63 Å². The molecule has 2 aromatic rings. The molecule has 0 saturated carbocycles. The average molecular weight is 282 g/mol. The lowest BCUT2D eigenvalue weighted by molar-refractivity contribution is 0.422. The van der Waals surface area contributed by atoms with Crippen LogP contribution in [0.3, 0.4) is 0 Å². The van der Waals surface area contributed by atoms with Gasteiger partial charge in [0.15, 0.2) is 5.82 Å². The molecule has 0 spiro atoms. The molecule has 2 rings (SSSR count). The normalized spacial score (nSPS) is 12.6. The van der Waals surface area contributed by atoms with Gasteiger partial charge in [-0.1, -0.05) is 19.0 Å². The molecule has 0 bridgehead atoms. The lowest BCUT2D eigenvalue weighted by Gasteiger charge is -2.04. The second kappa shape index (κ2) is 6.06. The topological polar surface area (TPSA) is 59.2 Å². The van der Waals surface area contributed by atoms with E-state index in [1.54, 1.807) is 11.8 Å². The SMILES string of the molecule is CCC(C)SCc1noc(-c2ccc(O)cc2F)n1. The maximum absolute atomic E-state index is 13.6. The van der Waals surface area contributed by atoms with Gasteiger partial charge in [0.2, 0.25) is 0 Å². The average Bonchev–Trinajstić information content (AvgIpc) is 2.84. The lowest BCUT2D eigenvalue weighted by atomic mass is 10.2. The van der Waals surface area contributed by atoms with Gasteiger partial charge in [0, 0.05) is 11.3 Å². The first-order chi connectivity index (χ1) is 9.10. The van der Waals surface area contributed by atoms with Crippen LogP contribution in [0.1, 0.15) is 26.1 Å². The fraction of sp³-hybridized carbons (Fsp3) is 0.385. The second-order valence-corrected chi connectivity index (χ2v) is 5.64. The van der Waals surface area contributed by atoms with Crippen molar-refractivity contribution in [2.24, 2.45) is 0 Å². The Labute approximate surface area is 115 Å². The second-order valence-electron chi connectivity index (χ2n) is 4.21. The first-order valence-electron chi connectivity index (χ1n) is 6.03. The van der Waals surface area contributed by atoms with E-state index in [-0.39, 0.29) is 17.2 Å². The molecule has 1 heterocycles. The number of benzene rings is 1. The molecule has 19 heavy (non-hydrogen) atoms. The zero-order valence-electron chi connectivity index (χ0n) is 10.8. The van der Waals surface area contributed by atoms with Gasteiger partial charge in [-0.2, -0.15) is 16.7 Å². The van der Waals surface area contributed by atoms with Crippen molar-refractivity contribution in [1.82, 2.24) is 10.1 Å². The van der Waals surface area contributed by atoms with Gasteiger partial charge in [-0.05, 0) is 18.6 Å². The van der Waals surface area contributed by atoms with E-state index in [0.717, 1.165) is 12.5 Å². The summed E-state index contributed by atoms with van der Waals surface area (Å²) >= 11 is 1.73. The molecular weight excluding hydrogens is 267 g/mol. The van der Waals surface area contributed by atoms with Crippen molar-refractivity contribution in [3.63, 3.8) is 0 Å². The summed E-state index contributed by atoms with van der Waals surface area (Å²) in [6.45, 7) is 4.25. The summed E-state index contributed by atoms with van der Waals surface area (Å²) in [4.78, 5) is 4.16. The molecule has 0 amide bonds. The van der Waals surface area contributed by atoms with E-state index in [4.69, 9.17) is 9.63 Å². The molecule has 1 unspecified atom stereocenters. The lowest BCUT2D eigenvalue weighted by Crippen LogP contribution is -1.94. The maximum atomic E-state index is 13.6. The number of aromatic hydroxyl groups is 1. The Morgan fingerprint density at radius 3 is 2.95 bits per heavy atom. The highest BCUT2D eigenvalue weighted by molar-refractivity contribution is 7.99. The molecule has 0 saturated heterocycles. The number of halogens is 1. The van der Waals surface area contributed by atoms with Gasteiger partial charge in [-0.3, -0.25) is 0 Å². The Hall–Kier alpha value is -1.56. The largest absolute Gasteiger partial charge is 0.508 e. The van der Waals surface area contributed by atoms with E-state index in [0.29, 0.717) is 16.8 Å². The van der Waals surface area contributed by atoms with Gasteiger partial charge in [0.25, 0.3) is 5.89 Å². The van der Waals surface area contributed by atoms with Crippen LogP contribution in [0.25, 0.3) is 11.5 Å². The van der Waals surface area contributed by atoms with Gasteiger partial charge in [-0.25, -0.2) is 4.39 Å². The fourth-order valence-electron chi connectivity index (χ4n) is 1.43. The number of aromatic nitrogens is 2. The minimum atomic E-state index is -0.579. The van der Waals surface area contributed by atoms with Gasteiger partial charge in [0.1, 0.15) is 11.6 Å². The van der Waals surface area contributed by atoms with Crippen molar-refractivity contribution in [2.75, 3.05) is 0 Å². The summed E-state index contributed by atoms with van der Waals surface area (Å²) in [5, 5.41) is 13.5. The molecule has 1 aromatic heterocycles. The number of phenolic OH excluding ortho intramolecular Hbond substituents is 1.